The number of carbonyl (C=O) groups is 1. The molecule has 0 atom stereocenters. The molecule has 1 fully saturated rings. The molecule has 1 aromatic carbocycles. The van der Waals surface area contributed by atoms with Crippen LogP contribution in [0.25, 0.3) is 0 Å². The highest BCUT2D eigenvalue weighted by Gasteiger charge is 2.14. The molecule has 1 aromatic heterocycles. The highest BCUT2D eigenvalue weighted by Crippen LogP contribution is 2.14. The first kappa shape index (κ1) is 18.0. The molecule has 134 valence electrons. The SMILES string of the molecule is NCCc1nc(C(=O)NCc2ccccc2CN2CCOCC2)cs1. The van der Waals surface area contributed by atoms with Gasteiger partial charge in [0, 0.05) is 38.0 Å². The van der Waals surface area contributed by atoms with Crippen molar-refractivity contribution in [2.45, 2.75) is 19.5 Å². The molecular weight excluding hydrogens is 336 g/mol. The van der Waals surface area contributed by atoms with Gasteiger partial charge in [0.1, 0.15) is 5.69 Å². The molecule has 2 heterocycles. The number of nitrogens with two attached hydrogens (primary N) is 1. The maximum atomic E-state index is 12.3. The molecule has 2 aromatic rings. The van der Waals surface area contributed by atoms with Gasteiger partial charge in [-0.25, -0.2) is 4.98 Å². The first-order chi connectivity index (χ1) is 12.3. The van der Waals surface area contributed by atoms with Crippen LogP contribution in [0, 0.1) is 0 Å². The van der Waals surface area contributed by atoms with Gasteiger partial charge in [-0.15, -0.1) is 11.3 Å². The van der Waals surface area contributed by atoms with E-state index in [9.17, 15) is 4.79 Å². The Bertz CT molecular complexity index is 698. The molecule has 1 amide bonds. The second-order valence-corrected chi connectivity index (χ2v) is 6.95. The fourth-order valence-electron chi connectivity index (χ4n) is 2.80. The molecule has 0 spiro atoms. The number of hydrogen-bond acceptors (Lipinski definition) is 6. The van der Waals surface area contributed by atoms with Gasteiger partial charge in [-0.3, -0.25) is 9.69 Å². The number of benzene rings is 1. The zero-order valence-electron chi connectivity index (χ0n) is 14.2. The summed E-state index contributed by atoms with van der Waals surface area (Å²) < 4.78 is 5.40. The molecule has 1 aliphatic rings. The van der Waals surface area contributed by atoms with Crippen molar-refractivity contribution in [1.29, 1.82) is 0 Å². The summed E-state index contributed by atoms with van der Waals surface area (Å²) in [5.74, 6) is -0.138. The van der Waals surface area contributed by atoms with Crippen LogP contribution in [-0.2, 0) is 24.2 Å². The summed E-state index contributed by atoms with van der Waals surface area (Å²) >= 11 is 1.48. The first-order valence-electron chi connectivity index (χ1n) is 8.56. The second-order valence-electron chi connectivity index (χ2n) is 6.01. The van der Waals surface area contributed by atoms with E-state index in [0.29, 0.717) is 25.2 Å². The molecule has 7 heteroatoms. The molecule has 1 aliphatic heterocycles. The van der Waals surface area contributed by atoms with E-state index in [1.165, 1.54) is 16.9 Å². The molecule has 25 heavy (non-hydrogen) atoms. The van der Waals surface area contributed by atoms with Crippen molar-refractivity contribution in [3.8, 4) is 0 Å². The van der Waals surface area contributed by atoms with E-state index in [2.05, 4.69) is 27.3 Å². The lowest BCUT2D eigenvalue weighted by Gasteiger charge is -2.27. The number of morpholine rings is 1. The zero-order chi connectivity index (χ0) is 17.5. The number of thiazole rings is 1. The molecule has 0 radical (unpaired) electrons. The smallest absolute Gasteiger partial charge is 0.271 e. The van der Waals surface area contributed by atoms with Gasteiger partial charge in [0.15, 0.2) is 0 Å². The number of nitrogens with zero attached hydrogens (tertiary/aromatic N) is 2. The number of hydrogen-bond donors (Lipinski definition) is 2. The monoisotopic (exact) mass is 360 g/mol. The quantitative estimate of drug-likeness (QED) is 0.780. The lowest BCUT2D eigenvalue weighted by atomic mass is 10.1. The van der Waals surface area contributed by atoms with Crippen LogP contribution in [0.2, 0.25) is 0 Å². The van der Waals surface area contributed by atoms with Crippen molar-refractivity contribution in [3.63, 3.8) is 0 Å². The molecular formula is C18H24N4O2S. The van der Waals surface area contributed by atoms with Crippen molar-refractivity contribution in [2.24, 2.45) is 5.73 Å². The molecule has 3 rings (SSSR count). The normalized spacial score (nSPS) is 15.2. The van der Waals surface area contributed by atoms with Gasteiger partial charge in [0.25, 0.3) is 5.91 Å². The zero-order valence-corrected chi connectivity index (χ0v) is 15.1. The third-order valence-electron chi connectivity index (χ3n) is 4.20. The minimum atomic E-state index is -0.138. The van der Waals surface area contributed by atoms with Crippen molar-refractivity contribution in [2.75, 3.05) is 32.8 Å². The predicted octanol–water partition coefficient (Wildman–Crippen LogP) is 1.41. The summed E-state index contributed by atoms with van der Waals surface area (Å²) in [6.07, 6.45) is 0.709. The minimum absolute atomic E-state index is 0.138. The van der Waals surface area contributed by atoms with Gasteiger partial charge in [0.05, 0.1) is 18.2 Å². The Labute approximate surface area is 152 Å². The fraction of sp³-hybridized carbons (Fsp3) is 0.444. The Morgan fingerprint density at radius 3 is 2.80 bits per heavy atom. The standard InChI is InChI=1S/C18H24N4O2S/c19-6-5-17-21-16(13-25-17)18(23)20-11-14-3-1-2-4-15(14)12-22-7-9-24-10-8-22/h1-4,13H,5-12,19H2,(H,20,23). The van der Waals surface area contributed by atoms with Crippen molar-refractivity contribution >= 4 is 17.2 Å². The van der Waals surface area contributed by atoms with Gasteiger partial charge in [0.2, 0.25) is 0 Å². The topological polar surface area (TPSA) is 80.5 Å². The van der Waals surface area contributed by atoms with Crippen LogP contribution in [0.1, 0.15) is 26.6 Å². The van der Waals surface area contributed by atoms with E-state index in [1.807, 2.05) is 12.1 Å². The molecule has 0 bridgehead atoms. The molecule has 3 N–H and O–H groups in total. The molecule has 1 saturated heterocycles. The van der Waals surface area contributed by atoms with E-state index in [4.69, 9.17) is 10.5 Å². The van der Waals surface area contributed by atoms with Gasteiger partial charge in [-0.05, 0) is 17.7 Å². The van der Waals surface area contributed by atoms with E-state index >= 15 is 0 Å². The number of aromatic nitrogens is 1. The Hall–Kier alpha value is -1.80. The number of amides is 1. The number of carbonyl (C=O) groups excluding carboxylic acids is 1. The summed E-state index contributed by atoms with van der Waals surface area (Å²) in [5, 5.41) is 5.67. The average molecular weight is 360 g/mol. The summed E-state index contributed by atoms with van der Waals surface area (Å²) in [6.45, 7) is 5.40. The fourth-order valence-corrected chi connectivity index (χ4v) is 3.60. The summed E-state index contributed by atoms with van der Waals surface area (Å²) in [7, 11) is 0. The lowest BCUT2D eigenvalue weighted by Crippen LogP contribution is -2.36. The van der Waals surface area contributed by atoms with Crippen molar-refractivity contribution < 1.29 is 9.53 Å². The van der Waals surface area contributed by atoms with Crippen LogP contribution in [0.15, 0.2) is 29.6 Å². The van der Waals surface area contributed by atoms with Crippen molar-refractivity contribution in [1.82, 2.24) is 15.2 Å². The first-order valence-corrected chi connectivity index (χ1v) is 9.44. The summed E-state index contributed by atoms with van der Waals surface area (Å²) in [5.41, 5.74) is 8.38. The van der Waals surface area contributed by atoms with Gasteiger partial charge < -0.3 is 15.8 Å². The Kier molecular flexibility index (Phi) is 6.52. The minimum Gasteiger partial charge on any atom is -0.379 e. The maximum Gasteiger partial charge on any atom is 0.271 e. The predicted molar refractivity (Wildman–Crippen MR) is 98.6 cm³/mol. The van der Waals surface area contributed by atoms with E-state index in [0.717, 1.165) is 43.4 Å². The third-order valence-corrected chi connectivity index (χ3v) is 5.11. The van der Waals surface area contributed by atoms with Gasteiger partial charge >= 0.3 is 0 Å². The van der Waals surface area contributed by atoms with Crippen LogP contribution in [0.3, 0.4) is 0 Å². The van der Waals surface area contributed by atoms with Crippen LogP contribution in [0.5, 0.6) is 0 Å². The van der Waals surface area contributed by atoms with Crippen LogP contribution >= 0.6 is 11.3 Å². The number of rotatable bonds is 7. The summed E-state index contributed by atoms with van der Waals surface area (Å²) in [6, 6.07) is 8.24. The molecule has 0 unspecified atom stereocenters. The van der Waals surface area contributed by atoms with Crippen LogP contribution in [-0.4, -0.2) is 48.6 Å². The van der Waals surface area contributed by atoms with Crippen LogP contribution < -0.4 is 11.1 Å². The van der Waals surface area contributed by atoms with Gasteiger partial charge in [-0.2, -0.15) is 0 Å². The lowest BCUT2D eigenvalue weighted by molar-refractivity contribution is 0.0340. The van der Waals surface area contributed by atoms with Crippen LogP contribution in [0.4, 0.5) is 0 Å². The third kappa shape index (κ3) is 5.09. The highest BCUT2D eigenvalue weighted by atomic mass is 32.1. The molecule has 0 saturated carbocycles. The van der Waals surface area contributed by atoms with E-state index in [1.54, 1.807) is 5.38 Å². The Morgan fingerprint density at radius 2 is 2.04 bits per heavy atom. The molecule has 0 aliphatic carbocycles. The number of nitrogens with one attached hydrogen (secondary N) is 1. The number of ether oxygens (including phenoxy) is 1. The summed E-state index contributed by atoms with van der Waals surface area (Å²) in [4.78, 5) is 19.0. The Balaban J connectivity index is 1.59. The molecule has 6 nitrogen and oxygen atoms in total. The van der Waals surface area contributed by atoms with E-state index < -0.39 is 0 Å². The van der Waals surface area contributed by atoms with E-state index in [-0.39, 0.29) is 5.91 Å². The largest absolute Gasteiger partial charge is 0.379 e. The van der Waals surface area contributed by atoms with Crippen molar-refractivity contribution in [3.05, 3.63) is 51.5 Å². The Morgan fingerprint density at radius 1 is 1.28 bits per heavy atom. The highest BCUT2D eigenvalue weighted by molar-refractivity contribution is 7.09. The second kappa shape index (κ2) is 9.05. The average Bonchev–Trinajstić information content (AvgIpc) is 3.11. The van der Waals surface area contributed by atoms with Gasteiger partial charge in [-0.1, -0.05) is 24.3 Å². The maximum absolute atomic E-state index is 12.3.